The van der Waals surface area contributed by atoms with E-state index in [9.17, 15) is 19.5 Å². The van der Waals surface area contributed by atoms with E-state index in [1.807, 2.05) is 0 Å². The third-order valence-electron chi connectivity index (χ3n) is 4.38. The highest BCUT2D eigenvalue weighted by molar-refractivity contribution is 8.18. The summed E-state index contributed by atoms with van der Waals surface area (Å²) >= 11 is 0.807. The Bertz CT molecular complexity index is 771. The minimum absolute atomic E-state index is 0.00937. The zero-order valence-electron chi connectivity index (χ0n) is 14.4. The van der Waals surface area contributed by atoms with Gasteiger partial charge in [-0.1, -0.05) is 6.07 Å². The number of imide groups is 1. The summed E-state index contributed by atoms with van der Waals surface area (Å²) in [5, 5.41) is 9.19. The molecule has 1 aromatic carbocycles. The number of thioether (sulfide) groups is 1. The number of ether oxygens (including phenoxy) is 1. The number of methoxy groups -OCH3 is 1. The van der Waals surface area contributed by atoms with E-state index < -0.39 is 11.1 Å². The zero-order valence-corrected chi connectivity index (χ0v) is 15.3. The Hall–Kier alpha value is -2.48. The van der Waals surface area contributed by atoms with Crippen molar-refractivity contribution in [2.75, 3.05) is 26.7 Å². The first-order valence-corrected chi connectivity index (χ1v) is 9.21. The van der Waals surface area contributed by atoms with Crippen LogP contribution in [0.5, 0.6) is 11.5 Å². The van der Waals surface area contributed by atoms with Crippen molar-refractivity contribution in [3.63, 3.8) is 0 Å². The van der Waals surface area contributed by atoms with Crippen molar-refractivity contribution in [2.24, 2.45) is 0 Å². The molecule has 2 saturated heterocycles. The van der Waals surface area contributed by atoms with E-state index in [1.165, 1.54) is 13.2 Å². The maximum absolute atomic E-state index is 12.5. The quantitative estimate of drug-likeness (QED) is 0.812. The lowest BCUT2D eigenvalue weighted by atomic mass is 10.1. The SMILES string of the molecule is COc1cc(/C=C2\SC(=O)N(CC(=O)N3CCCCC3)C2=O)ccc1O. The first-order chi connectivity index (χ1) is 12.5. The molecule has 138 valence electrons. The van der Waals surface area contributed by atoms with E-state index >= 15 is 0 Å². The first kappa shape index (κ1) is 18.3. The van der Waals surface area contributed by atoms with Crippen molar-refractivity contribution in [2.45, 2.75) is 19.3 Å². The second-order valence-electron chi connectivity index (χ2n) is 6.14. The number of hydrogen-bond donors (Lipinski definition) is 1. The number of likely N-dealkylation sites (tertiary alicyclic amines) is 1. The molecule has 7 nitrogen and oxygen atoms in total. The lowest BCUT2D eigenvalue weighted by Crippen LogP contribution is -2.44. The van der Waals surface area contributed by atoms with Gasteiger partial charge in [0.1, 0.15) is 6.54 Å². The summed E-state index contributed by atoms with van der Waals surface area (Å²) < 4.78 is 5.04. The minimum Gasteiger partial charge on any atom is -0.504 e. The van der Waals surface area contributed by atoms with E-state index in [0.29, 0.717) is 18.7 Å². The molecule has 0 spiro atoms. The number of amides is 3. The average molecular weight is 376 g/mol. The fraction of sp³-hybridized carbons (Fsp3) is 0.389. The Morgan fingerprint density at radius 2 is 2.00 bits per heavy atom. The molecular formula is C18H20N2O5S. The third-order valence-corrected chi connectivity index (χ3v) is 5.28. The van der Waals surface area contributed by atoms with Crippen LogP contribution in [0.1, 0.15) is 24.8 Å². The molecule has 2 heterocycles. The number of nitrogens with zero attached hydrogens (tertiary/aromatic N) is 2. The molecule has 8 heteroatoms. The Balaban J connectivity index is 1.73. The molecule has 3 amide bonds. The van der Waals surface area contributed by atoms with Crippen LogP contribution in [0, 0.1) is 0 Å². The topological polar surface area (TPSA) is 87.2 Å². The van der Waals surface area contributed by atoms with Crippen molar-refractivity contribution < 1.29 is 24.2 Å². The number of phenolic OH excluding ortho intramolecular Hbond substituents is 1. The van der Waals surface area contributed by atoms with Crippen molar-refractivity contribution >= 4 is 34.9 Å². The predicted molar refractivity (Wildman–Crippen MR) is 97.8 cm³/mol. The fourth-order valence-electron chi connectivity index (χ4n) is 2.95. The molecule has 0 aromatic heterocycles. The number of piperidine rings is 1. The van der Waals surface area contributed by atoms with E-state index in [-0.39, 0.29) is 28.9 Å². The van der Waals surface area contributed by atoms with Crippen molar-refractivity contribution in [1.82, 2.24) is 9.80 Å². The summed E-state index contributed by atoms with van der Waals surface area (Å²) in [6.45, 7) is 1.14. The van der Waals surface area contributed by atoms with Gasteiger partial charge in [0, 0.05) is 13.1 Å². The van der Waals surface area contributed by atoms with Gasteiger partial charge in [-0.15, -0.1) is 0 Å². The van der Waals surface area contributed by atoms with Gasteiger partial charge in [-0.05, 0) is 54.8 Å². The van der Waals surface area contributed by atoms with Gasteiger partial charge in [-0.25, -0.2) is 0 Å². The summed E-state index contributed by atoms with van der Waals surface area (Å²) in [5.74, 6) is -0.403. The van der Waals surface area contributed by atoms with Crippen LogP contribution in [0.15, 0.2) is 23.1 Å². The number of rotatable bonds is 4. The molecule has 1 aromatic rings. The monoisotopic (exact) mass is 376 g/mol. The molecule has 0 unspecified atom stereocenters. The number of aromatic hydroxyl groups is 1. The van der Waals surface area contributed by atoms with Crippen LogP contribution in [0.2, 0.25) is 0 Å². The van der Waals surface area contributed by atoms with Crippen LogP contribution in [0.4, 0.5) is 4.79 Å². The summed E-state index contributed by atoms with van der Waals surface area (Å²) in [6, 6.07) is 4.64. The Morgan fingerprint density at radius 1 is 1.27 bits per heavy atom. The molecule has 0 bridgehead atoms. The summed E-state index contributed by atoms with van der Waals surface area (Å²) in [5.41, 5.74) is 0.618. The number of hydrogen-bond acceptors (Lipinski definition) is 6. The molecule has 2 aliphatic rings. The van der Waals surface area contributed by atoms with Gasteiger partial charge in [-0.2, -0.15) is 0 Å². The molecule has 0 aliphatic carbocycles. The fourth-order valence-corrected chi connectivity index (χ4v) is 3.79. The lowest BCUT2D eigenvalue weighted by molar-refractivity contribution is -0.136. The maximum atomic E-state index is 12.5. The van der Waals surface area contributed by atoms with Gasteiger partial charge in [0.15, 0.2) is 11.5 Å². The van der Waals surface area contributed by atoms with Gasteiger partial charge >= 0.3 is 0 Å². The second-order valence-corrected chi connectivity index (χ2v) is 7.13. The Labute approximate surface area is 155 Å². The molecule has 0 radical (unpaired) electrons. The summed E-state index contributed by atoms with van der Waals surface area (Å²) in [6.07, 6.45) is 4.56. The third kappa shape index (κ3) is 3.85. The number of benzene rings is 1. The number of carbonyl (C=O) groups excluding carboxylic acids is 3. The van der Waals surface area contributed by atoms with Crippen molar-refractivity contribution in [3.8, 4) is 11.5 Å². The normalized spacial score (nSPS) is 19.3. The Kier molecular flexibility index (Phi) is 5.51. The van der Waals surface area contributed by atoms with E-state index in [1.54, 1.807) is 23.1 Å². The summed E-state index contributed by atoms with van der Waals surface area (Å²) in [7, 11) is 1.43. The minimum atomic E-state index is -0.475. The summed E-state index contributed by atoms with van der Waals surface area (Å²) in [4.78, 5) is 40.0. The van der Waals surface area contributed by atoms with Crippen molar-refractivity contribution in [1.29, 1.82) is 0 Å². The van der Waals surface area contributed by atoms with Crippen LogP contribution >= 0.6 is 11.8 Å². The zero-order chi connectivity index (χ0) is 18.7. The van der Waals surface area contributed by atoms with E-state index in [4.69, 9.17) is 4.74 Å². The molecule has 3 rings (SSSR count). The smallest absolute Gasteiger partial charge is 0.294 e. The molecule has 2 aliphatic heterocycles. The second kappa shape index (κ2) is 7.82. The number of phenols is 1. The van der Waals surface area contributed by atoms with Gasteiger partial charge < -0.3 is 14.7 Å². The van der Waals surface area contributed by atoms with Gasteiger partial charge in [-0.3, -0.25) is 19.3 Å². The van der Waals surface area contributed by atoms with E-state index in [2.05, 4.69) is 0 Å². The van der Waals surface area contributed by atoms with Crippen LogP contribution in [-0.2, 0) is 9.59 Å². The molecule has 1 N–H and O–H groups in total. The molecule has 0 atom stereocenters. The maximum Gasteiger partial charge on any atom is 0.294 e. The Morgan fingerprint density at radius 3 is 2.69 bits per heavy atom. The van der Waals surface area contributed by atoms with Crippen LogP contribution < -0.4 is 4.74 Å². The van der Waals surface area contributed by atoms with Gasteiger partial charge in [0.05, 0.1) is 12.0 Å². The first-order valence-electron chi connectivity index (χ1n) is 8.40. The van der Waals surface area contributed by atoms with Crippen LogP contribution in [0.3, 0.4) is 0 Å². The largest absolute Gasteiger partial charge is 0.504 e. The van der Waals surface area contributed by atoms with Gasteiger partial charge in [0.25, 0.3) is 11.1 Å². The number of carbonyl (C=O) groups is 3. The van der Waals surface area contributed by atoms with Crippen LogP contribution in [-0.4, -0.2) is 58.7 Å². The highest BCUT2D eigenvalue weighted by atomic mass is 32.2. The molecular weight excluding hydrogens is 356 g/mol. The predicted octanol–water partition coefficient (Wildman–Crippen LogP) is 2.45. The highest BCUT2D eigenvalue weighted by Gasteiger charge is 2.37. The molecule has 26 heavy (non-hydrogen) atoms. The average Bonchev–Trinajstić information content (AvgIpc) is 2.91. The van der Waals surface area contributed by atoms with Gasteiger partial charge in [0.2, 0.25) is 5.91 Å². The standard InChI is InChI=1S/C18H20N2O5S/c1-25-14-9-12(5-6-13(14)21)10-15-17(23)20(18(24)26-15)11-16(22)19-7-3-2-4-8-19/h5-6,9-10,21H,2-4,7-8,11H2,1H3/b15-10-. The van der Waals surface area contributed by atoms with Crippen LogP contribution in [0.25, 0.3) is 6.08 Å². The van der Waals surface area contributed by atoms with Crippen molar-refractivity contribution in [3.05, 3.63) is 28.7 Å². The van der Waals surface area contributed by atoms with E-state index in [0.717, 1.165) is 35.9 Å². The lowest BCUT2D eigenvalue weighted by Gasteiger charge is -2.27. The molecule has 0 saturated carbocycles. The molecule has 2 fully saturated rings. The highest BCUT2D eigenvalue weighted by Crippen LogP contribution is 2.34.